The Morgan fingerprint density at radius 1 is 0.969 bits per heavy atom. The molecule has 0 spiro atoms. The summed E-state index contributed by atoms with van der Waals surface area (Å²) in [4.78, 5) is 12.3. The Bertz CT molecular complexity index is 1160. The van der Waals surface area contributed by atoms with Crippen LogP contribution in [0.4, 0.5) is 5.69 Å². The third-order valence-corrected chi connectivity index (χ3v) is 6.52. The molecule has 170 valence electrons. The summed E-state index contributed by atoms with van der Waals surface area (Å²) in [6.45, 7) is 0.799. The van der Waals surface area contributed by atoms with Gasteiger partial charge < -0.3 is 10.1 Å². The molecule has 0 heterocycles. The lowest BCUT2D eigenvalue weighted by Gasteiger charge is -2.24. The number of nitrogens with zero attached hydrogens (tertiary/aromatic N) is 1. The van der Waals surface area contributed by atoms with E-state index >= 15 is 0 Å². The minimum absolute atomic E-state index is 0.0728. The molecule has 0 aliphatic heterocycles. The van der Waals surface area contributed by atoms with Gasteiger partial charge in [0.05, 0.1) is 19.1 Å². The number of hydrogen-bond donors (Lipinski definition) is 1. The van der Waals surface area contributed by atoms with E-state index in [1.165, 1.54) is 27.8 Å². The number of rotatable bonds is 11. The average Bonchev–Trinajstić information content (AvgIpc) is 2.79. The first-order valence-corrected chi connectivity index (χ1v) is 12.6. The van der Waals surface area contributed by atoms with E-state index in [-0.39, 0.29) is 18.9 Å². The Balaban J connectivity index is 1.47. The molecule has 0 aromatic heterocycles. The molecule has 32 heavy (non-hydrogen) atoms. The smallest absolute Gasteiger partial charge is 0.232 e. The van der Waals surface area contributed by atoms with Crippen LogP contribution in [0, 0.1) is 0 Å². The van der Waals surface area contributed by atoms with E-state index in [2.05, 4.69) is 35.6 Å². The van der Waals surface area contributed by atoms with Crippen molar-refractivity contribution >= 4 is 32.4 Å². The predicted molar refractivity (Wildman–Crippen MR) is 130 cm³/mol. The van der Waals surface area contributed by atoms with Crippen LogP contribution in [0.5, 0.6) is 5.75 Å². The molecule has 3 rings (SSSR count). The van der Waals surface area contributed by atoms with Crippen molar-refractivity contribution in [3.05, 3.63) is 72.3 Å². The van der Waals surface area contributed by atoms with Gasteiger partial charge in [-0.3, -0.25) is 9.10 Å². The quantitative estimate of drug-likeness (QED) is 0.442. The second kappa shape index (κ2) is 11.0. The Kier molecular flexibility index (Phi) is 8.11. The van der Waals surface area contributed by atoms with Crippen LogP contribution in [0.15, 0.2) is 66.7 Å². The number of para-hydroxylation sites is 2. The lowest BCUT2D eigenvalue weighted by atomic mass is 10.0. The SMILES string of the molecule is COc1ccccc1N(CCCC(=O)NCCCc1cccc2ccccc12)S(C)(=O)=O. The Hall–Kier alpha value is -3.06. The topological polar surface area (TPSA) is 75.7 Å². The number of anilines is 1. The summed E-state index contributed by atoms with van der Waals surface area (Å²) >= 11 is 0. The van der Waals surface area contributed by atoms with Crippen LogP contribution in [-0.4, -0.2) is 40.8 Å². The normalized spacial score (nSPS) is 11.3. The number of carbonyl (C=O) groups is 1. The first kappa shape index (κ1) is 23.6. The Morgan fingerprint density at radius 3 is 2.47 bits per heavy atom. The molecule has 3 aromatic rings. The number of fused-ring (bicyclic) bond motifs is 1. The van der Waals surface area contributed by atoms with Gasteiger partial charge in [-0.05, 0) is 47.7 Å². The number of benzene rings is 3. The molecule has 0 bridgehead atoms. The van der Waals surface area contributed by atoms with Crippen LogP contribution >= 0.6 is 0 Å². The van der Waals surface area contributed by atoms with Crippen molar-refractivity contribution in [3.8, 4) is 5.75 Å². The zero-order valence-electron chi connectivity index (χ0n) is 18.6. The monoisotopic (exact) mass is 454 g/mol. The second-order valence-electron chi connectivity index (χ2n) is 7.70. The highest BCUT2D eigenvalue weighted by atomic mass is 32.2. The summed E-state index contributed by atoms with van der Waals surface area (Å²) in [5.41, 5.74) is 1.76. The molecule has 1 N–H and O–H groups in total. The van der Waals surface area contributed by atoms with Crippen LogP contribution in [-0.2, 0) is 21.2 Å². The van der Waals surface area contributed by atoms with Gasteiger partial charge >= 0.3 is 0 Å². The number of nitrogens with one attached hydrogen (secondary N) is 1. The van der Waals surface area contributed by atoms with Crippen LogP contribution in [0.2, 0.25) is 0 Å². The van der Waals surface area contributed by atoms with Crippen molar-refractivity contribution in [2.45, 2.75) is 25.7 Å². The van der Waals surface area contributed by atoms with Gasteiger partial charge in [0.25, 0.3) is 0 Å². The Morgan fingerprint density at radius 2 is 1.69 bits per heavy atom. The van der Waals surface area contributed by atoms with Crippen LogP contribution < -0.4 is 14.4 Å². The summed E-state index contributed by atoms with van der Waals surface area (Å²) in [6, 6.07) is 21.6. The third-order valence-electron chi connectivity index (χ3n) is 5.34. The summed E-state index contributed by atoms with van der Waals surface area (Å²) in [5, 5.41) is 5.41. The molecule has 0 atom stereocenters. The maximum atomic E-state index is 12.3. The number of hydrogen-bond acceptors (Lipinski definition) is 4. The van der Waals surface area contributed by atoms with Gasteiger partial charge in [0.1, 0.15) is 5.75 Å². The first-order chi connectivity index (χ1) is 15.4. The number of methoxy groups -OCH3 is 1. The van der Waals surface area contributed by atoms with E-state index in [0.29, 0.717) is 24.4 Å². The number of sulfonamides is 1. The highest BCUT2D eigenvalue weighted by Crippen LogP contribution is 2.29. The van der Waals surface area contributed by atoms with Crippen molar-refractivity contribution in [1.29, 1.82) is 0 Å². The van der Waals surface area contributed by atoms with Gasteiger partial charge in [-0.25, -0.2) is 8.42 Å². The molecule has 0 saturated heterocycles. The minimum Gasteiger partial charge on any atom is -0.495 e. The van der Waals surface area contributed by atoms with Crippen molar-refractivity contribution in [2.75, 3.05) is 30.8 Å². The van der Waals surface area contributed by atoms with E-state index in [1.54, 1.807) is 24.3 Å². The first-order valence-electron chi connectivity index (χ1n) is 10.7. The van der Waals surface area contributed by atoms with Gasteiger partial charge in [0.2, 0.25) is 15.9 Å². The fourth-order valence-electron chi connectivity index (χ4n) is 3.79. The molecule has 6 nitrogen and oxygen atoms in total. The number of ether oxygens (including phenoxy) is 1. The van der Waals surface area contributed by atoms with Crippen molar-refractivity contribution in [3.63, 3.8) is 0 Å². The molecular formula is C25H30N2O4S. The molecule has 0 fully saturated rings. The molecular weight excluding hydrogens is 424 g/mol. The molecule has 0 aliphatic carbocycles. The maximum Gasteiger partial charge on any atom is 0.232 e. The molecule has 0 radical (unpaired) electrons. The van der Waals surface area contributed by atoms with Gasteiger partial charge in [-0.2, -0.15) is 0 Å². The fourth-order valence-corrected chi connectivity index (χ4v) is 4.76. The van der Waals surface area contributed by atoms with E-state index in [9.17, 15) is 13.2 Å². The fraction of sp³-hybridized carbons (Fsp3) is 0.320. The van der Waals surface area contributed by atoms with Gasteiger partial charge in [-0.1, -0.05) is 54.6 Å². The highest BCUT2D eigenvalue weighted by molar-refractivity contribution is 7.92. The molecule has 1 amide bonds. The van der Waals surface area contributed by atoms with Gasteiger partial charge in [0.15, 0.2) is 0 Å². The zero-order chi connectivity index (χ0) is 23.0. The molecule has 0 saturated carbocycles. The summed E-state index contributed by atoms with van der Waals surface area (Å²) < 4.78 is 31.2. The number of aryl methyl sites for hydroxylation is 1. The third kappa shape index (κ3) is 6.23. The van der Waals surface area contributed by atoms with Crippen molar-refractivity contribution in [1.82, 2.24) is 5.32 Å². The average molecular weight is 455 g/mol. The van der Waals surface area contributed by atoms with E-state index in [4.69, 9.17) is 4.74 Å². The lowest BCUT2D eigenvalue weighted by Crippen LogP contribution is -2.32. The number of amides is 1. The van der Waals surface area contributed by atoms with Crippen LogP contribution in [0.1, 0.15) is 24.8 Å². The molecule has 0 aliphatic rings. The summed E-state index contributed by atoms with van der Waals surface area (Å²) in [7, 11) is -1.99. The summed E-state index contributed by atoms with van der Waals surface area (Å²) in [5.74, 6) is 0.409. The van der Waals surface area contributed by atoms with E-state index in [0.717, 1.165) is 19.1 Å². The molecule has 3 aromatic carbocycles. The van der Waals surface area contributed by atoms with E-state index in [1.807, 2.05) is 12.1 Å². The Labute approximate surface area is 190 Å². The number of carbonyl (C=O) groups excluding carboxylic acids is 1. The van der Waals surface area contributed by atoms with Crippen LogP contribution in [0.25, 0.3) is 10.8 Å². The predicted octanol–water partition coefficient (Wildman–Crippen LogP) is 4.14. The molecule has 0 unspecified atom stereocenters. The lowest BCUT2D eigenvalue weighted by molar-refractivity contribution is -0.121. The van der Waals surface area contributed by atoms with Crippen LogP contribution in [0.3, 0.4) is 0 Å². The standard InChI is InChI=1S/C25H30N2O4S/c1-31-24-16-6-5-15-23(24)27(32(2,29)30)19-9-17-25(28)26-18-8-13-21-12-7-11-20-10-3-4-14-22(20)21/h3-7,10-12,14-16H,8-9,13,17-19H2,1-2H3,(H,26,28). The minimum atomic E-state index is -3.50. The van der Waals surface area contributed by atoms with Crippen molar-refractivity contribution in [2.24, 2.45) is 0 Å². The van der Waals surface area contributed by atoms with Gasteiger partial charge in [-0.15, -0.1) is 0 Å². The maximum absolute atomic E-state index is 12.3. The summed E-state index contributed by atoms with van der Waals surface area (Å²) in [6.07, 6.45) is 3.57. The largest absolute Gasteiger partial charge is 0.495 e. The second-order valence-corrected chi connectivity index (χ2v) is 9.61. The zero-order valence-corrected chi connectivity index (χ0v) is 19.4. The van der Waals surface area contributed by atoms with Gasteiger partial charge in [0, 0.05) is 19.5 Å². The van der Waals surface area contributed by atoms with E-state index < -0.39 is 10.0 Å². The van der Waals surface area contributed by atoms with Crippen molar-refractivity contribution < 1.29 is 17.9 Å². The highest BCUT2D eigenvalue weighted by Gasteiger charge is 2.20. The molecule has 7 heteroatoms.